The first kappa shape index (κ1) is 14.0. The van der Waals surface area contributed by atoms with Crippen LogP contribution in [-0.4, -0.2) is 21.8 Å². The van der Waals surface area contributed by atoms with Gasteiger partial charge in [-0.15, -0.1) is 0 Å². The number of hydrogen-bond donors (Lipinski definition) is 1. The van der Waals surface area contributed by atoms with E-state index in [0.29, 0.717) is 5.02 Å². The Bertz CT molecular complexity index is 569. The lowest BCUT2D eigenvalue weighted by Gasteiger charge is -2.20. The van der Waals surface area contributed by atoms with Gasteiger partial charge in [0.25, 0.3) is 0 Å². The molecule has 5 heteroatoms. The molecule has 19 heavy (non-hydrogen) atoms. The third-order valence-electron chi connectivity index (χ3n) is 2.81. The van der Waals surface area contributed by atoms with E-state index in [1.54, 1.807) is 17.1 Å². The van der Waals surface area contributed by atoms with Gasteiger partial charge >= 0.3 is 0 Å². The summed E-state index contributed by atoms with van der Waals surface area (Å²) in [5.41, 5.74) is 2.22. The van der Waals surface area contributed by atoms with Crippen LogP contribution in [-0.2, 0) is 12.0 Å². The van der Waals surface area contributed by atoms with Crippen molar-refractivity contribution in [2.75, 3.05) is 7.05 Å². The molecule has 1 N–H and O–H groups in total. The topological polar surface area (TPSA) is 42.7 Å². The number of halogens is 1. The number of nitrogens with zero attached hydrogens (tertiary/aromatic N) is 3. The van der Waals surface area contributed by atoms with Crippen LogP contribution in [0.1, 0.15) is 32.0 Å². The van der Waals surface area contributed by atoms with Crippen molar-refractivity contribution < 1.29 is 0 Å². The zero-order valence-corrected chi connectivity index (χ0v) is 12.5. The van der Waals surface area contributed by atoms with Crippen LogP contribution in [0.15, 0.2) is 24.5 Å². The fourth-order valence-corrected chi connectivity index (χ4v) is 1.94. The Morgan fingerprint density at radius 1 is 1.32 bits per heavy atom. The molecular formula is C14H19ClN4. The summed E-state index contributed by atoms with van der Waals surface area (Å²) in [4.78, 5) is 4.68. The highest BCUT2D eigenvalue weighted by molar-refractivity contribution is 6.30. The molecule has 0 bridgehead atoms. The van der Waals surface area contributed by atoms with E-state index in [0.717, 1.165) is 18.1 Å². The van der Waals surface area contributed by atoms with Crippen LogP contribution in [0, 0.1) is 0 Å². The minimum Gasteiger partial charge on any atom is -0.316 e. The summed E-state index contributed by atoms with van der Waals surface area (Å²) in [6.45, 7) is 7.25. The first-order valence-corrected chi connectivity index (χ1v) is 6.64. The van der Waals surface area contributed by atoms with Crippen LogP contribution in [0.3, 0.4) is 0 Å². The van der Waals surface area contributed by atoms with Crippen LogP contribution in [0.5, 0.6) is 0 Å². The second-order valence-electron chi connectivity index (χ2n) is 5.60. The number of rotatable bonds is 3. The first-order valence-electron chi connectivity index (χ1n) is 6.27. The van der Waals surface area contributed by atoms with Crippen LogP contribution < -0.4 is 5.32 Å². The van der Waals surface area contributed by atoms with Gasteiger partial charge < -0.3 is 5.32 Å². The van der Waals surface area contributed by atoms with Gasteiger partial charge in [-0.05, 0) is 24.7 Å². The SMILES string of the molecule is CNCc1cc(-n2cc(Cl)cn2)nc(C(C)(C)C)c1. The summed E-state index contributed by atoms with van der Waals surface area (Å²) in [6.07, 6.45) is 3.38. The zero-order chi connectivity index (χ0) is 14.0. The summed E-state index contributed by atoms with van der Waals surface area (Å²) in [5.74, 6) is 0.796. The predicted molar refractivity (Wildman–Crippen MR) is 77.8 cm³/mol. The van der Waals surface area contributed by atoms with E-state index in [1.165, 1.54) is 5.56 Å². The lowest BCUT2D eigenvalue weighted by molar-refractivity contribution is 0.564. The van der Waals surface area contributed by atoms with Gasteiger partial charge in [0.1, 0.15) is 0 Å². The van der Waals surface area contributed by atoms with Crippen molar-refractivity contribution >= 4 is 11.6 Å². The summed E-state index contributed by atoms with van der Waals surface area (Å²) in [5, 5.41) is 7.98. The van der Waals surface area contributed by atoms with Crippen LogP contribution in [0.2, 0.25) is 5.02 Å². The molecule has 102 valence electrons. The first-order chi connectivity index (χ1) is 8.90. The highest BCUT2D eigenvalue weighted by atomic mass is 35.5. The average Bonchev–Trinajstić information content (AvgIpc) is 2.75. The Morgan fingerprint density at radius 2 is 2.05 bits per heavy atom. The van der Waals surface area contributed by atoms with E-state index in [1.807, 2.05) is 13.1 Å². The van der Waals surface area contributed by atoms with Crippen molar-refractivity contribution in [3.63, 3.8) is 0 Å². The van der Waals surface area contributed by atoms with E-state index < -0.39 is 0 Å². The van der Waals surface area contributed by atoms with Crippen molar-refractivity contribution in [1.29, 1.82) is 0 Å². The highest BCUT2D eigenvalue weighted by Crippen LogP contribution is 2.23. The van der Waals surface area contributed by atoms with E-state index >= 15 is 0 Å². The quantitative estimate of drug-likeness (QED) is 0.939. The maximum atomic E-state index is 5.92. The van der Waals surface area contributed by atoms with E-state index in [9.17, 15) is 0 Å². The van der Waals surface area contributed by atoms with Gasteiger partial charge in [0.15, 0.2) is 5.82 Å². The van der Waals surface area contributed by atoms with Crippen molar-refractivity contribution in [2.24, 2.45) is 0 Å². The van der Waals surface area contributed by atoms with Gasteiger partial charge in [-0.1, -0.05) is 32.4 Å². The van der Waals surface area contributed by atoms with Crippen molar-refractivity contribution in [1.82, 2.24) is 20.1 Å². The van der Waals surface area contributed by atoms with Crippen molar-refractivity contribution in [3.05, 3.63) is 40.8 Å². The molecule has 0 aliphatic carbocycles. The molecule has 2 heterocycles. The Morgan fingerprint density at radius 3 is 2.58 bits per heavy atom. The monoisotopic (exact) mass is 278 g/mol. The molecule has 0 amide bonds. The molecule has 0 atom stereocenters. The molecule has 2 rings (SSSR count). The molecule has 0 saturated heterocycles. The largest absolute Gasteiger partial charge is 0.316 e. The summed E-state index contributed by atoms with van der Waals surface area (Å²) >= 11 is 5.92. The van der Waals surface area contributed by atoms with Crippen LogP contribution >= 0.6 is 11.6 Å². The Hall–Kier alpha value is -1.39. The Kier molecular flexibility index (Phi) is 3.92. The molecule has 0 aliphatic heterocycles. The second kappa shape index (κ2) is 5.31. The molecule has 2 aromatic heterocycles. The number of nitrogens with one attached hydrogen (secondary N) is 1. The van der Waals surface area contributed by atoms with E-state index in [-0.39, 0.29) is 5.41 Å². The molecule has 0 aliphatic rings. The number of pyridine rings is 1. The molecular weight excluding hydrogens is 260 g/mol. The minimum atomic E-state index is -0.00451. The van der Waals surface area contributed by atoms with Gasteiger partial charge in [0.2, 0.25) is 0 Å². The second-order valence-corrected chi connectivity index (χ2v) is 6.04. The van der Waals surface area contributed by atoms with Gasteiger partial charge in [-0.2, -0.15) is 5.10 Å². The standard InChI is InChI=1S/C14H19ClN4/c1-14(2,3)12-5-10(7-16-4)6-13(18-12)19-9-11(15)8-17-19/h5-6,8-9,16H,7H2,1-4H3. The molecule has 0 spiro atoms. The predicted octanol–water partition coefficient (Wildman–Crippen LogP) is 2.94. The van der Waals surface area contributed by atoms with Gasteiger partial charge in [-0.3, -0.25) is 0 Å². The third-order valence-corrected chi connectivity index (χ3v) is 3.00. The fraction of sp³-hybridized carbons (Fsp3) is 0.429. The Balaban J connectivity index is 2.51. The normalized spacial score (nSPS) is 11.8. The average molecular weight is 279 g/mol. The molecule has 0 aromatic carbocycles. The molecule has 0 saturated carbocycles. The maximum Gasteiger partial charge on any atom is 0.153 e. The van der Waals surface area contributed by atoms with Crippen molar-refractivity contribution in [3.8, 4) is 5.82 Å². The highest BCUT2D eigenvalue weighted by Gasteiger charge is 2.17. The Labute approximate surface area is 118 Å². The van der Waals surface area contributed by atoms with Gasteiger partial charge in [-0.25, -0.2) is 9.67 Å². The summed E-state index contributed by atoms with van der Waals surface area (Å²) in [6, 6.07) is 4.15. The van der Waals surface area contributed by atoms with Gasteiger partial charge in [0.05, 0.1) is 17.4 Å². The molecule has 0 radical (unpaired) electrons. The fourth-order valence-electron chi connectivity index (χ4n) is 1.80. The zero-order valence-electron chi connectivity index (χ0n) is 11.7. The van der Waals surface area contributed by atoms with Gasteiger partial charge in [0, 0.05) is 17.7 Å². The lowest BCUT2D eigenvalue weighted by atomic mass is 9.90. The minimum absolute atomic E-state index is 0.00451. The number of hydrogen-bond acceptors (Lipinski definition) is 3. The van der Waals surface area contributed by atoms with Crippen LogP contribution in [0.25, 0.3) is 5.82 Å². The molecule has 0 fully saturated rings. The maximum absolute atomic E-state index is 5.92. The molecule has 0 unspecified atom stereocenters. The van der Waals surface area contributed by atoms with Crippen molar-refractivity contribution in [2.45, 2.75) is 32.7 Å². The lowest BCUT2D eigenvalue weighted by Crippen LogP contribution is -2.17. The van der Waals surface area contributed by atoms with Crippen LogP contribution in [0.4, 0.5) is 0 Å². The van der Waals surface area contributed by atoms with E-state index in [2.05, 4.69) is 42.2 Å². The van der Waals surface area contributed by atoms with E-state index in [4.69, 9.17) is 11.6 Å². The molecule has 2 aromatic rings. The molecule has 4 nitrogen and oxygen atoms in total. The smallest absolute Gasteiger partial charge is 0.153 e. The summed E-state index contributed by atoms with van der Waals surface area (Å²) in [7, 11) is 1.93. The number of aromatic nitrogens is 3. The summed E-state index contributed by atoms with van der Waals surface area (Å²) < 4.78 is 1.71. The third kappa shape index (κ3) is 3.33.